The Morgan fingerprint density at radius 3 is 2.00 bits per heavy atom. The van der Waals surface area contributed by atoms with Gasteiger partial charge in [0.2, 0.25) is 0 Å². The maximum absolute atomic E-state index is 11.5. The van der Waals surface area contributed by atoms with Crippen LogP contribution in [0, 0.1) is 6.92 Å². The second kappa shape index (κ2) is 7.04. The third kappa shape index (κ3) is 5.21. The predicted octanol–water partition coefficient (Wildman–Crippen LogP) is 3.16. The first kappa shape index (κ1) is 13.7. The molecule has 0 unspecified atom stereocenters. The number of hydrogen-bond acceptors (Lipinski definition) is 1. The van der Waals surface area contributed by atoms with E-state index in [9.17, 15) is 4.79 Å². The van der Waals surface area contributed by atoms with Crippen LogP contribution in [0.1, 0.15) is 43.6 Å². The zero-order valence-corrected chi connectivity index (χ0v) is 10.3. The molecule has 1 rings (SSSR count). The average Bonchev–Trinajstić information content (AvgIpc) is 2.20. The highest BCUT2D eigenvalue weighted by atomic mass is 16.1. The summed E-state index contributed by atoms with van der Waals surface area (Å²) in [7, 11) is 0. The molecule has 2 heteroatoms. The lowest BCUT2D eigenvalue weighted by atomic mass is 10.1. The van der Waals surface area contributed by atoms with E-state index < -0.39 is 0 Å². The van der Waals surface area contributed by atoms with Crippen LogP contribution in [0.25, 0.3) is 0 Å². The Kier molecular flexibility index (Phi) is 6.43. The summed E-state index contributed by atoms with van der Waals surface area (Å²) in [4.78, 5) is 11.5. The summed E-state index contributed by atoms with van der Waals surface area (Å²) in [6.45, 7) is 9.91. The minimum atomic E-state index is -0.00463. The number of aryl methyl sites for hydroxylation is 1. The van der Waals surface area contributed by atoms with Crippen molar-refractivity contribution in [2.45, 2.75) is 40.7 Å². The zero-order chi connectivity index (χ0) is 11.8. The summed E-state index contributed by atoms with van der Waals surface area (Å²) in [5.41, 5.74) is 1.89. The van der Waals surface area contributed by atoms with E-state index in [1.807, 2.05) is 58.9 Å². The smallest absolute Gasteiger partial charge is 0.251 e. The molecule has 0 bridgehead atoms. The van der Waals surface area contributed by atoms with E-state index in [2.05, 4.69) is 5.32 Å². The monoisotopic (exact) mass is 207 g/mol. The van der Waals surface area contributed by atoms with Gasteiger partial charge in [0.05, 0.1) is 0 Å². The number of benzene rings is 1. The van der Waals surface area contributed by atoms with Gasteiger partial charge in [0.15, 0.2) is 0 Å². The summed E-state index contributed by atoms with van der Waals surface area (Å²) < 4.78 is 0. The molecule has 0 aliphatic rings. The quantitative estimate of drug-likeness (QED) is 0.793. The molecular formula is C13H21NO. The van der Waals surface area contributed by atoms with Gasteiger partial charge in [-0.1, -0.05) is 31.5 Å². The standard InChI is InChI=1S/C11H15NO.C2H6/c1-8(2)12-11(13)10-6-4-9(3)5-7-10;1-2/h4-8H,1-3H3,(H,12,13);1-2H3. The summed E-state index contributed by atoms with van der Waals surface area (Å²) >= 11 is 0. The van der Waals surface area contributed by atoms with Gasteiger partial charge < -0.3 is 5.32 Å². The highest BCUT2D eigenvalue weighted by Gasteiger charge is 2.04. The molecule has 0 aliphatic carbocycles. The fraction of sp³-hybridized carbons (Fsp3) is 0.462. The van der Waals surface area contributed by atoms with Crippen molar-refractivity contribution in [2.24, 2.45) is 0 Å². The van der Waals surface area contributed by atoms with Crippen molar-refractivity contribution in [1.29, 1.82) is 0 Å². The van der Waals surface area contributed by atoms with Crippen molar-refractivity contribution in [3.63, 3.8) is 0 Å². The largest absolute Gasteiger partial charge is 0.350 e. The number of rotatable bonds is 2. The van der Waals surface area contributed by atoms with Gasteiger partial charge in [-0.05, 0) is 32.9 Å². The first-order valence-corrected chi connectivity index (χ1v) is 5.47. The van der Waals surface area contributed by atoms with E-state index >= 15 is 0 Å². The van der Waals surface area contributed by atoms with Crippen LogP contribution in [0.3, 0.4) is 0 Å². The van der Waals surface area contributed by atoms with Crippen molar-refractivity contribution >= 4 is 5.91 Å². The second-order valence-electron chi connectivity index (χ2n) is 3.49. The summed E-state index contributed by atoms with van der Waals surface area (Å²) in [6, 6.07) is 7.75. The molecule has 0 atom stereocenters. The Morgan fingerprint density at radius 1 is 1.13 bits per heavy atom. The van der Waals surface area contributed by atoms with Gasteiger partial charge in [-0.2, -0.15) is 0 Å². The normalized spacial score (nSPS) is 9.20. The molecule has 2 nitrogen and oxygen atoms in total. The van der Waals surface area contributed by atoms with E-state index in [0.29, 0.717) is 0 Å². The summed E-state index contributed by atoms with van der Waals surface area (Å²) in [6.07, 6.45) is 0. The molecule has 0 heterocycles. The second-order valence-corrected chi connectivity index (χ2v) is 3.49. The van der Waals surface area contributed by atoms with Gasteiger partial charge in [-0.15, -0.1) is 0 Å². The van der Waals surface area contributed by atoms with E-state index in [1.165, 1.54) is 5.56 Å². The highest BCUT2D eigenvalue weighted by Crippen LogP contribution is 2.02. The molecule has 0 aliphatic heterocycles. The van der Waals surface area contributed by atoms with Crippen LogP contribution in [0.4, 0.5) is 0 Å². The number of hydrogen-bond donors (Lipinski definition) is 1. The van der Waals surface area contributed by atoms with Crippen molar-refractivity contribution in [3.05, 3.63) is 35.4 Å². The van der Waals surface area contributed by atoms with Crippen LogP contribution in [-0.2, 0) is 0 Å². The maximum Gasteiger partial charge on any atom is 0.251 e. The van der Waals surface area contributed by atoms with Gasteiger partial charge in [0.25, 0.3) is 5.91 Å². The van der Waals surface area contributed by atoms with Crippen LogP contribution in [0.5, 0.6) is 0 Å². The number of amides is 1. The molecule has 0 fully saturated rings. The molecule has 84 valence electrons. The van der Waals surface area contributed by atoms with E-state index in [0.717, 1.165) is 5.56 Å². The van der Waals surface area contributed by atoms with E-state index in [-0.39, 0.29) is 11.9 Å². The topological polar surface area (TPSA) is 29.1 Å². The molecule has 0 saturated heterocycles. The Labute approximate surface area is 92.7 Å². The first-order chi connectivity index (χ1) is 7.09. The van der Waals surface area contributed by atoms with Crippen molar-refractivity contribution in [2.75, 3.05) is 0 Å². The van der Waals surface area contributed by atoms with Crippen LogP contribution in [-0.4, -0.2) is 11.9 Å². The van der Waals surface area contributed by atoms with Gasteiger partial charge in [0, 0.05) is 11.6 Å². The highest BCUT2D eigenvalue weighted by molar-refractivity contribution is 5.94. The molecule has 0 spiro atoms. The molecule has 1 aromatic rings. The molecule has 15 heavy (non-hydrogen) atoms. The van der Waals surface area contributed by atoms with Crippen LogP contribution >= 0.6 is 0 Å². The zero-order valence-electron chi connectivity index (χ0n) is 10.3. The Bertz CT molecular complexity index is 288. The lowest BCUT2D eigenvalue weighted by Crippen LogP contribution is -2.29. The minimum Gasteiger partial charge on any atom is -0.350 e. The van der Waals surface area contributed by atoms with Crippen LogP contribution < -0.4 is 5.32 Å². The van der Waals surface area contributed by atoms with Crippen molar-refractivity contribution in [1.82, 2.24) is 5.32 Å². The molecule has 0 saturated carbocycles. The average molecular weight is 207 g/mol. The van der Waals surface area contributed by atoms with Crippen molar-refractivity contribution < 1.29 is 4.79 Å². The van der Waals surface area contributed by atoms with Crippen molar-refractivity contribution in [3.8, 4) is 0 Å². The molecule has 1 N–H and O–H groups in total. The van der Waals surface area contributed by atoms with E-state index in [4.69, 9.17) is 0 Å². The lowest BCUT2D eigenvalue weighted by Gasteiger charge is -2.07. The van der Waals surface area contributed by atoms with Gasteiger partial charge in [-0.25, -0.2) is 0 Å². The lowest BCUT2D eigenvalue weighted by molar-refractivity contribution is 0.0943. The van der Waals surface area contributed by atoms with E-state index in [1.54, 1.807) is 0 Å². The molecular weight excluding hydrogens is 186 g/mol. The van der Waals surface area contributed by atoms with Crippen LogP contribution in [0.15, 0.2) is 24.3 Å². The Balaban J connectivity index is 0.000000921. The first-order valence-electron chi connectivity index (χ1n) is 5.47. The third-order valence-electron chi connectivity index (χ3n) is 1.73. The molecule has 0 aromatic heterocycles. The Morgan fingerprint density at radius 2 is 1.60 bits per heavy atom. The van der Waals surface area contributed by atoms with Gasteiger partial charge >= 0.3 is 0 Å². The minimum absolute atomic E-state index is 0.00463. The fourth-order valence-corrected chi connectivity index (χ4v) is 1.05. The summed E-state index contributed by atoms with van der Waals surface area (Å²) in [5, 5.41) is 2.84. The SMILES string of the molecule is CC.Cc1ccc(C(=O)NC(C)C)cc1. The fourth-order valence-electron chi connectivity index (χ4n) is 1.05. The molecule has 1 amide bonds. The Hall–Kier alpha value is -1.31. The van der Waals surface area contributed by atoms with Crippen LogP contribution in [0.2, 0.25) is 0 Å². The number of carbonyl (C=O) groups is 1. The van der Waals surface area contributed by atoms with Gasteiger partial charge in [-0.3, -0.25) is 4.79 Å². The predicted molar refractivity (Wildman–Crippen MR) is 65.1 cm³/mol. The number of nitrogens with one attached hydrogen (secondary N) is 1. The number of carbonyl (C=O) groups excluding carboxylic acids is 1. The maximum atomic E-state index is 11.5. The molecule has 1 aromatic carbocycles. The summed E-state index contributed by atoms with van der Waals surface area (Å²) in [5.74, 6) is -0.00463. The van der Waals surface area contributed by atoms with Gasteiger partial charge in [0.1, 0.15) is 0 Å². The third-order valence-corrected chi connectivity index (χ3v) is 1.73. The molecule has 0 radical (unpaired) electrons.